The Balaban J connectivity index is 1.25. The Bertz CT molecular complexity index is 1240. The van der Waals surface area contributed by atoms with E-state index in [4.69, 9.17) is 20.6 Å². The van der Waals surface area contributed by atoms with Crippen LogP contribution in [0.1, 0.15) is 61.6 Å². The summed E-state index contributed by atoms with van der Waals surface area (Å²) >= 11 is 0. The van der Waals surface area contributed by atoms with Gasteiger partial charge in [-0.3, -0.25) is 10.2 Å². The number of carbonyl (C=O) groups excluding carboxylic acids is 1. The minimum Gasteiger partial charge on any atom is -0.481 e. The summed E-state index contributed by atoms with van der Waals surface area (Å²) in [5, 5.41) is 10.9. The van der Waals surface area contributed by atoms with E-state index < -0.39 is 0 Å². The number of hydrogen-bond donors (Lipinski definition) is 3. The third kappa shape index (κ3) is 5.47. The van der Waals surface area contributed by atoms with Crippen LogP contribution in [-0.4, -0.2) is 72.9 Å². The van der Waals surface area contributed by atoms with Crippen LogP contribution in [0.15, 0.2) is 29.3 Å². The van der Waals surface area contributed by atoms with Crippen molar-refractivity contribution in [1.82, 2.24) is 14.5 Å². The first-order valence-corrected chi connectivity index (χ1v) is 13.4. The summed E-state index contributed by atoms with van der Waals surface area (Å²) in [4.78, 5) is 34.7. The molecule has 3 fully saturated rings. The van der Waals surface area contributed by atoms with Gasteiger partial charge in [0.1, 0.15) is 11.5 Å². The lowest BCUT2D eigenvalue weighted by Gasteiger charge is -2.37. The van der Waals surface area contributed by atoms with Crippen molar-refractivity contribution < 1.29 is 14.3 Å². The van der Waals surface area contributed by atoms with Gasteiger partial charge in [-0.25, -0.2) is 9.78 Å². The smallest absolute Gasteiger partial charge is 0.321 e. The minimum atomic E-state index is -0.273. The average Bonchev–Trinajstić information content (AvgIpc) is 3.80. The third-order valence-corrected chi connectivity index (χ3v) is 7.93. The molecule has 0 bridgehead atoms. The van der Waals surface area contributed by atoms with Crippen LogP contribution in [0, 0.1) is 5.41 Å². The highest BCUT2D eigenvalue weighted by atomic mass is 16.5. The van der Waals surface area contributed by atoms with Crippen molar-refractivity contribution in [2.24, 2.45) is 0 Å². The van der Waals surface area contributed by atoms with Gasteiger partial charge in [-0.1, -0.05) is 0 Å². The fraction of sp³-hybridized carbons (Fsp3) is 0.556. The summed E-state index contributed by atoms with van der Waals surface area (Å²) in [6.07, 6.45) is 9.25. The number of aromatic nitrogens is 2. The molecule has 3 aliphatic rings. The molecule has 2 aromatic rings. The molecule has 204 valence electrons. The first-order chi connectivity index (χ1) is 18.4. The summed E-state index contributed by atoms with van der Waals surface area (Å²) in [5.41, 5.74) is 8.52. The highest BCUT2D eigenvalue weighted by molar-refractivity contribution is 5.96. The molecule has 2 amide bonds. The Labute approximate surface area is 222 Å². The van der Waals surface area contributed by atoms with E-state index in [0.717, 1.165) is 69.5 Å². The number of nitrogens with one attached hydrogen (secondary N) is 2. The summed E-state index contributed by atoms with van der Waals surface area (Å²) in [7, 11) is 3.22. The maximum atomic E-state index is 13.3. The van der Waals surface area contributed by atoms with Crippen LogP contribution in [0.25, 0.3) is 0 Å². The van der Waals surface area contributed by atoms with E-state index in [1.165, 1.54) is 7.11 Å². The summed E-state index contributed by atoms with van der Waals surface area (Å²) in [5.74, 6) is 0.691. The number of rotatable bonds is 6. The quantitative estimate of drug-likeness (QED) is 0.390. The van der Waals surface area contributed by atoms with Crippen LogP contribution in [-0.2, 0) is 9.47 Å². The van der Waals surface area contributed by atoms with Crippen LogP contribution in [0.3, 0.4) is 0 Å². The molecule has 38 heavy (non-hydrogen) atoms. The fourth-order valence-electron chi connectivity index (χ4n) is 5.38. The van der Waals surface area contributed by atoms with Crippen molar-refractivity contribution in [3.63, 3.8) is 0 Å². The first-order valence-electron chi connectivity index (χ1n) is 13.4. The lowest BCUT2D eigenvalue weighted by atomic mass is 10.0. The number of nitrogen functional groups attached to an aromatic ring is 1. The van der Waals surface area contributed by atoms with E-state index in [-0.39, 0.29) is 35.4 Å². The molecular formula is C27H37N7O4. The molecule has 1 unspecified atom stereocenters. The van der Waals surface area contributed by atoms with E-state index in [1.54, 1.807) is 22.7 Å². The van der Waals surface area contributed by atoms with Crippen LogP contribution in [0.4, 0.5) is 22.0 Å². The number of piperidine rings is 1. The number of nitrogens with two attached hydrogens (primary N) is 1. The van der Waals surface area contributed by atoms with E-state index in [0.29, 0.717) is 23.8 Å². The van der Waals surface area contributed by atoms with Gasteiger partial charge in [0.05, 0.1) is 37.2 Å². The molecule has 4 N–H and O–H groups in total. The Morgan fingerprint density at radius 2 is 2.00 bits per heavy atom. The SMILES string of the molecule is COC(=N)c1cc(N2CCC(N(C)C(=O)Nc3cc(C4CC4)cn(C4CCCOC4)c3=O)CC2)cnc1N. The zero-order chi connectivity index (χ0) is 26.8. The van der Waals surface area contributed by atoms with Crippen LogP contribution in [0.2, 0.25) is 0 Å². The van der Waals surface area contributed by atoms with Crippen molar-refractivity contribution in [2.75, 3.05) is 56.4 Å². The van der Waals surface area contributed by atoms with Crippen molar-refractivity contribution in [3.05, 3.63) is 46.0 Å². The second kappa shape index (κ2) is 11.0. The van der Waals surface area contributed by atoms with Crippen molar-refractivity contribution in [3.8, 4) is 0 Å². The maximum Gasteiger partial charge on any atom is 0.321 e. The van der Waals surface area contributed by atoms with E-state index in [2.05, 4.69) is 15.2 Å². The van der Waals surface area contributed by atoms with Gasteiger partial charge >= 0.3 is 6.03 Å². The first kappa shape index (κ1) is 26.0. The molecule has 4 heterocycles. The standard InChI is InChI=1S/C27H37N7O4/c1-32(19-7-9-33(10-8-19)21-13-22(25(29)37-2)24(28)30-14-21)27(36)31-23-12-18(17-5-6-17)15-34(26(23)35)20-4-3-11-38-16-20/h12-15,17,19-20,29H,3-11,16H2,1-2H3,(H2,28,30)(H,31,36). The Hall–Kier alpha value is -3.60. The predicted octanol–water partition coefficient (Wildman–Crippen LogP) is 3.16. The number of pyridine rings is 2. The number of anilines is 3. The molecule has 11 heteroatoms. The number of carbonyl (C=O) groups is 1. The van der Waals surface area contributed by atoms with Gasteiger partial charge in [-0.2, -0.15) is 0 Å². The average molecular weight is 524 g/mol. The Morgan fingerprint density at radius 3 is 2.66 bits per heavy atom. The minimum absolute atomic E-state index is 0.00335. The maximum absolute atomic E-state index is 13.3. The molecule has 2 aromatic heterocycles. The number of methoxy groups -OCH3 is 1. The van der Waals surface area contributed by atoms with Gasteiger partial charge in [-0.05, 0) is 62.1 Å². The highest BCUT2D eigenvalue weighted by Crippen LogP contribution is 2.40. The number of ether oxygens (including phenoxy) is 2. The van der Waals surface area contributed by atoms with Gasteiger partial charge in [-0.15, -0.1) is 0 Å². The highest BCUT2D eigenvalue weighted by Gasteiger charge is 2.30. The van der Waals surface area contributed by atoms with Gasteiger partial charge in [0, 0.05) is 39.0 Å². The summed E-state index contributed by atoms with van der Waals surface area (Å²) in [6.45, 7) is 2.70. The lowest BCUT2D eigenvalue weighted by molar-refractivity contribution is 0.0580. The van der Waals surface area contributed by atoms with Crippen LogP contribution in [0.5, 0.6) is 0 Å². The molecule has 0 aromatic carbocycles. The van der Waals surface area contributed by atoms with Crippen LogP contribution < -0.4 is 21.5 Å². The van der Waals surface area contributed by atoms with Gasteiger partial charge in [0.25, 0.3) is 5.56 Å². The molecule has 2 saturated heterocycles. The van der Waals surface area contributed by atoms with Gasteiger partial charge < -0.3 is 34.9 Å². The van der Waals surface area contributed by atoms with E-state index >= 15 is 0 Å². The molecule has 1 saturated carbocycles. The molecule has 0 radical (unpaired) electrons. The summed E-state index contributed by atoms with van der Waals surface area (Å²) < 4.78 is 12.4. The van der Waals surface area contributed by atoms with E-state index in [9.17, 15) is 9.59 Å². The predicted molar refractivity (Wildman–Crippen MR) is 146 cm³/mol. The fourth-order valence-corrected chi connectivity index (χ4v) is 5.38. The van der Waals surface area contributed by atoms with Crippen molar-refractivity contribution in [1.29, 1.82) is 5.41 Å². The van der Waals surface area contributed by atoms with Crippen LogP contribution >= 0.6 is 0 Å². The summed E-state index contributed by atoms with van der Waals surface area (Å²) in [6, 6.07) is 3.44. The topological polar surface area (TPSA) is 139 Å². The zero-order valence-corrected chi connectivity index (χ0v) is 22.1. The number of urea groups is 1. The molecule has 5 rings (SSSR count). The molecule has 11 nitrogen and oxygen atoms in total. The van der Waals surface area contributed by atoms with E-state index in [1.807, 2.05) is 18.3 Å². The van der Waals surface area contributed by atoms with Crippen molar-refractivity contribution >= 4 is 29.1 Å². The molecule has 0 spiro atoms. The Kier molecular flexibility index (Phi) is 7.55. The third-order valence-electron chi connectivity index (χ3n) is 7.93. The van der Waals surface area contributed by atoms with Gasteiger partial charge in [0.15, 0.2) is 0 Å². The number of hydrogen-bond acceptors (Lipinski definition) is 8. The monoisotopic (exact) mass is 523 g/mol. The second-order valence-corrected chi connectivity index (χ2v) is 10.5. The number of amides is 2. The van der Waals surface area contributed by atoms with Gasteiger partial charge in [0.2, 0.25) is 5.90 Å². The Morgan fingerprint density at radius 1 is 1.24 bits per heavy atom. The van der Waals surface area contributed by atoms with Crippen molar-refractivity contribution in [2.45, 2.75) is 56.5 Å². The molecular weight excluding hydrogens is 486 g/mol. The normalized spacial score (nSPS) is 20.2. The molecule has 1 atom stereocenters. The molecule has 1 aliphatic carbocycles. The number of nitrogens with zero attached hydrogens (tertiary/aromatic N) is 4. The largest absolute Gasteiger partial charge is 0.481 e. The zero-order valence-electron chi connectivity index (χ0n) is 22.1. The molecule has 2 aliphatic heterocycles. The lowest BCUT2D eigenvalue weighted by Crippen LogP contribution is -2.47. The second-order valence-electron chi connectivity index (χ2n) is 10.5.